The molecule has 3 rings (SSSR count). The molecule has 0 spiro atoms. The summed E-state index contributed by atoms with van der Waals surface area (Å²) in [4.78, 5) is 2.12. The van der Waals surface area contributed by atoms with Crippen LogP contribution < -0.4 is 5.32 Å². The molecule has 0 saturated heterocycles. The lowest BCUT2D eigenvalue weighted by atomic mass is 10.1. The largest absolute Gasteiger partial charge is 0.416 e. The van der Waals surface area contributed by atoms with Gasteiger partial charge in [-0.05, 0) is 29.0 Å². The first kappa shape index (κ1) is 17.9. The molecular weight excluding hydrogens is 345 g/mol. The highest BCUT2D eigenvalue weighted by Crippen LogP contribution is 2.30. The predicted molar refractivity (Wildman–Crippen MR) is 95.7 cm³/mol. The molecule has 0 fully saturated rings. The number of nitrogens with zero attached hydrogens (tertiary/aromatic N) is 1. The van der Waals surface area contributed by atoms with Gasteiger partial charge in [0.1, 0.15) is 5.50 Å². The quantitative estimate of drug-likeness (QED) is 0.789. The Morgan fingerprint density at radius 2 is 1.76 bits per heavy atom. The second-order valence-corrected chi connectivity index (χ2v) is 6.82. The third kappa shape index (κ3) is 5.03. The van der Waals surface area contributed by atoms with Crippen molar-refractivity contribution in [1.29, 1.82) is 0 Å². The van der Waals surface area contributed by atoms with Crippen molar-refractivity contribution < 1.29 is 13.2 Å². The molecular formula is C19H19F3N2S. The van der Waals surface area contributed by atoms with E-state index in [-0.39, 0.29) is 5.50 Å². The van der Waals surface area contributed by atoms with E-state index in [1.807, 2.05) is 29.8 Å². The molecule has 1 heterocycles. The van der Waals surface area contributed by atoms with Crippen molar-refractivity contribution in [3.05, 3.63) is 82.9 Å². The number of thioether (sulfide) groups is 1. The van der Waals surface area contributed by atoms with Gasteiger partial charge in [-0.3, -0.25) is 5.32 Å². The predicted octanol–water partition coefficient (Wildman–Crippen LogP) is 4.84. The number of alkyl halides is 3. The maximum absolute atomic E-state index is 12.8. The minimum atomic E-state index is -4.29. The van der Waals surface area contributed by atoms with Crippen LogP contribution in [0.3, 0.4) is 0 Å². The first-order valence-corrected chi connectivity index (χ1v) is 8.98. The molecule has 0 aliphatic carbocycles. The van der Waals surface area contributed by atoms with Gasteiger partial charge in [0.25, 0.3) is 0 Å². The van der Waals surface area contributed by atoms with Crippen molar-refractivity contribution in [2.45, 2.75) is 24.6 Å². The summed E-state index contributed by atoms with van der Waals surface area (Å²) in [7, 11) is 0. The second kappa shape index (κ2) is 7.97. The zero-order valence-corrected chi connectivity index (χ0v) is 14.4. The summed E-state index contributed by atoms with van der Waals surface area (Å²) in [5, 5.41) is 5.47. The lowest BCUT2D eigenvalue weighted by Crippen LogP contribution is -2.38. The summed E-state index contributed by atoms with van der Waals surface area (Å²) >= 11 is 1.67. The van der Waals surface area contributed by atoms with Crippen LogP contribution in [-0.2, 0) is 19.1 Å². The number of nitrogens with one attached hydrogen (secondary N) is 1. The van der Waals surface area contributed by atoms with Crippen LogP contribution in [0.1, 0.15) is 16.7 Å². The van der Waals surface area contributed by atoms with E-state index in [1.165, 1.54) is 17.7 Å². The zero-order valence-electron chi connectivity index (χ0n) is 13.5. The summed E-state index contributed by atoms with van der Waals surface area (Å²) in [6.07, 6.45) is -1.74. The van der Waals surface area contributed by atoms with E-state index < -0.39 is 11.7 Å². The van der Waals surface area contributed by atoms with Crippen LogP contribution in [-0.4, -0.2) is 16.9 Å². The lowest BCUT2D eigenvalue weighted by Gasteiger charge is -2.26. The van der Waals surface area contributed by atoms with Gasteiger partial charge in [0.2, 0.25) is 0 Å². The Hall–Kier alpha value is -1.92. The number of rotatable bonds is 6. The summed E-state index contributed by atoms with van der Waals surface area (Å²) in [5.74, 6) is 0. The van der Waals surface area contributed by atoms with Crippen LogP contribution in [0, 0.1) is 0 Å². The summed E-state index contributed by atoms with van der Waals surface area (Å²) in [6, 6.07) is 15.7. The molecule has 0 radical (unpaired) electrons. The molecule has 6 heteroatoms. The number of benzene rings is 2. The van der Waals surface area contributed by atoms with E-state index in [4.69, 9.17) is 0 Å². The van der Waals surface area contributed by atoms with Crippen molar-refractivity contribution in [2.24, 2.45) is 0 Å². The average Bonchev–Trinajstić information content (AvgIpc) is 3.06. The minimum Gasteiger partial charge on any atom is -0.352 e. The minimum absolute atomic E-state index is 0.103. The molecule has 1 unspecified atom stereocenters. The summed E-state index contributed by atoms with van der Waals surface area (Å²) in [5.41, 5.74) is 1.41. The molecule has 1 atom stereocenters. The Bertz CT molecular complexity index is 716. The van der Waals surface area contributed by atoms with Gasteiger partial charge >= 0.3 is 6.18 Å². The highest BCUT2D eigenvalue weighted by molar-refractivity contribution is 8.02. The monoisotopic (exact) mass is 364 g/mol. The van der Waals surface area contributed by atoms with Gasteiger partial charge in [-0.2, -0.15) is 13.2 Å². The molecule has 2 aromatic rings. The van der Waals surface area contributed by atoms with Crippen molar-refractivity contribution in [3.8, 4) is 0 Å². The highest BCUT2D eigenvalue weighted by Gasteiger charge is 2.30. The SMILES string of the molecule is FC(F)(F)c1cccc(CCN2C=CSC2NCc2ccccc2)c1. The highest BCUT2D eigenvalue weighted by atomic mass is 32.2. The molecule has 132 valence electrons. The van der Waals surface area contributed by atoms with Gasteiger partial charge in [-0.25, -0.2) is 0 Å². The van der Waals surface area contributed by atoms with Crippen molar-refractivity contribution >= 4 is 11.8 Å². The number of halogens is 3. The van der Waals surface area contributed by atoms with Gasteiger partial charge in [0.15, 0.2) is 0 Å². The zero-order chi connectivity index (χ0) is 17.7. The molecule has 1 N–H and O–H groups in total. The molecule has 2 aromatic carbocycles. The Kier molecular flexibility index (Phi) is 5.71. The maximum Gasteiger partial charge on any atom is 0.416 e. The standard InChI is InChI=1S/C19H19F3N2S/c20-19(21,22)17-8-4-7-15(13-17)9-10-24-11-12-25-18(24)23-14-16-5-2-1-3-6-16/h1-8,11-13,18,23H,9-10,14H2. The fourth-order valence-corrected chi connectivity index (χ4v) is 3.55. The first-order chi connectivity index (χ1) is 12.0. The van der Waals surface area contributed by atoms with Gasteiger partial charge in [0, 0.05) is 19.3 Å². The second-order valence-electron chi connectivity index (χ2n) is 5.83. The Labute approximate surface area is 149 Å². The Balaban J connectivity index is 1.54. The Morgan fingerprint density at radius 3 is 2.52 bits per heavy atom. The molecule has 0 amide bonds. The van der Waals surface area contributed by atoms with Crippen LogP contribution in [0.4, 0.5) is 13.2 Å². The number of hydrogen-bond donors (Lipinski definition) is 1. The third-order valence-electron chi connectivity index (χ3n) is 4.00. The van der Waals surface area contributed by atoms with Crippen molar-refractivity contribution in [3.63, 3.8) is 0 Å². The molecule has 1 aliphatic rings. The molecule has 0 aromatic heterocycles. The van der Waals surface area contributed by atoms with E-state index in [2.05, 4.69) is 22.3 Å². The molecule has 2 nitrogen and oxygen atoms in total. The number of hydrogen-bond acceptors (Lipinski definition) is 3. The third-order valence-corrected chi connectivity index (χ3v) is 4.97. The van der Waals surface area contributed by atoms with Crippen molar-refractivity contribution in [1.82, 2.24) is 10.2 Å². The van der Waals surface area contributed by atoms with Crippen LogP contribution in [0.25, 0.3) is 0 Å². The van der Waals surface area contributed by atoms with E-state index in [1.54, 1.807) is 17.8 Å². The van der Waals surface area contributed by atoms with E-state index in [0.717, 1.165) is 12.6 Å². The molecule has 25 heavy (non-hydrogen) atoms. The van der Waals surface area contributed by atoms with Crippen LogP contribution in [0.15, 0.2) is 66.2 Å². The normalized spacial score (nSPS) is 17.2. The van der Waals surface area contributed by atoms with E-state index in [0.29, 0.717) is 18.5 Å². The van der Waals surface area contributed by atoms with Crippen LogP contribution in [0.2, 0.25) is 0 Å². The van der Waals surface area contributed by atoms with Gasteiger partial charge in [-0.1, -0.05) is 60.3 Å². The van der Waals surface area contributed by atoms with Gasteiger partial charge in [0.05, 0.1) is 5.56 Å². The lowest BCUT2D eigenvalue weighted by molar-refractivity contribution is -0.137. The van der Waals surface area contributed by atoms with Gasteiger partial charge in [-0.15, -0.1) is 0 Å². The fraction of sp³-hybridized carbons (Fsp3) is 0.263. The topological polar surface area (TPSA) is 15.3 Å². The fourth-order valence-electron chi connectivity index (χ4n) is 2.66. The molecule has 0 saturated carbocycles. The van der Waals surface area contributed by atoms with Gasteiger partial charge < -0.3 is 4.90 Å². The first-order valence-electron chi connectivity index (χ1n) is 8.04. The van der Waals surface area contributed by atoms with Crippen LogP contribution in [0.5, 0.6) is 0 Å². The molecule has 1 aliphatic heterocycles. The molecule has 0 bridgehead atoms. The van der Waals surface area contributed by atoms with E-state index >= 15 is 0 Å². The Morgan fingerprint density at radius 1 is 1.00 bits per heavy atom. The smallest absolute Gasteiger partial charge is 0.352 e. The van der Waals surface area contributed by atoms with Crippen molar-refractivity contribution in [2.75, 3.05) is 6.54 Å². The summed E-state index contributed by atoms with van der Waals surface area (Å²) < 4.78 is 38.4. The average molecular weight is 364 g/mol. The van der Waals surface area contributed by atoms with Crippen LogP contribution >= 0.6 is 11.8 Å². The summed E-state index contributed by atoms with van der Waals surface area (Å²) in [6.45, 7) is 1.41. The van der Waals surface area contributed by atoms with E-state index in [9.17, 15) is 13.2 Å². The maximum atomic E-state index is 12.8.